The summed E-state index contributed by atoms with van der Waals surface area (Å²) >= 11 is 0. The number of amides is 4. The van der Waals surface area contributed by atoms with Crippen molar-refractivity contribution in [3.05, 3.63) is 29.8 Å². The molecule has 0 aromatic heterocycles. The molecule has 8 heteroatoms. The Morgan fingerprint density at radius 2 is 1.69 bits per heavy atom. The van der Waals surface area contributed by atoms with Crippen LogP contribution in [0.3, 0.4) is 0 Å². The number of rotatable bonds is 10. The molecule has 0 saturated heterocycles. The Kier molecular flexibility index (Phi) is 13.2. The maximum atomic E-state index is 11.2. The molecular formula is C18H30N4O4. The van der Waals surface area contributed by atoms with Crippen molar-refractivity contribution in [2.24, 2.45) is 11.7 Å². The van der Waals surface area contributed by atoms with Crippen LogP contribution in [0.4, 0.5) is 10.5 Å². The van der Waals surface area contributed by atoms with Gasteiger partial charge in [0.2, 0.25) is 12.3 Å². The van der Waals surface area contributed by atoms with Crippen LogP contribution in [0.25, 0.3) is 0 Å². The molecule has 0 unspecified atom stereocenters. The van der Waals surface area contributed by atoms with Crippen LogP contribution < -0.4 is 21.7 Å². The van der Waals surface area contributed by atoms with Crippen LogP contribution in [0.2, 0.25) is 0 Å². The Labute approximate surface area is 154 Å². The largest absolute Gasteiger partial charge is 0.392 e. The Hall–Kier alpha value is -2.61. The highest BCUT2D eigenvalue weighted by Crippen LogP contribution is 2.07. The Bertz CT molecular complexity index is 532. The first-order valence-electron chi connectivity index (χ1n) is 8.59. The van der Waals surface area contributed by atoms with Crippen LogP contribution >= 0.6 is 0 Å². The van der Waals surface area contributed by atoms with Crippen molar-refractivity contribution in [2.75, 3.05) is 18.4 Å². The van der Waals surface area contributed by atoms with Crippen LogP contribution in [0.15, 0.2) is 24.3 Å². The highest BCUT2D eigenvalue weighted by molar-refractivity contribution is 5.76. The fourth-order valence-electron chi connectivity index (χ4n) is 1.91. The predicted molar refractivity (Wildman–Crippen MR) is 101 cm³/mol. The third-order valence-corrected chi connectivity index (χ3v) is 3.18. The molecular weight excluding hydrogens is 336 g/mol. The first kappa shape index (κ1) is 23.4. The predicted octanol–water partition coefficient (Wildman–Crippen LogP) is 1.34. The lowest BCUT2D eigenvalue weighted by Gasteiger charge is -2.06. The van der Waals surface area contributed by atoms with Gasteiger partial charge in [0.25, 0.3) is 0 Å². The molecule has 0 saturated carbocycles. The van der Waals surface area contributed by atoms with Gasteiger partial charge in [-0.2, -0.15) is 0 Å². The zero-order valence-corrected chi connectivity index (χ0v) is 15.5. The molecule has 8 nitrogen and oxygen atoms in total. The molecule has 0 aliphatic heterocycles. The second kappa shape index (κ2) is 14.7. The average molecular weight is 366 g/mol. The number of carbonyl (C=O) groups is 3. The van der Waals surface area contributed by atoms with Gasteiger partial charge in [0.05, 0.1) is 6.61 Å². The van der Waals surface area contributed by atoms with Gasteiger partial charge < -0.3 is 26.8 Å². The van der Waals surface area contributed by atoms with Crippen molar-refractivity contribution >= 4 is 24.0 Å². The van der Waals surface area contributed by atoms with Gasteiger partial charge in [-0.25, -0.2) is 4.79 Å². The summed E-state index contributed by atoms with van der Waals surface area (Å²) in [5.41, 5.74) is 6.46. The second-order valence-corrected chi connectivity index (χ2v) is 6.06. The minimum atomic E-state index is -0.501. The number of anilines is 1. The number of hydrogen-bond acceptors (Lipinski definition) is 4. The first-order valence-corrected chi connectivity index (χ1v) is 8.59. The number of primary amides is 1. The number of aliphatic hydroxyl groups excluding tert-OH is 1. The summed E-state index contributed by atoms with van der Waals surface area (Å²) in [6.45, 7) is 5.27. The first-order chi connectivity index (χ1) is 12.4. The minimum Gasteiger partial charge on any atom is -0.392 e. The van der Waals surface area contributed by atoms with E-state index in [-0.39, 0.29) is 12.5 Å². The van der Waals surface area contributed by atoms with E-state index >= 15 is 0 Å². The average Bonchev–Trinajstić information content (AvgIpc) is 2.58. The monoisotopic (exact) mass is 366 g/mol. The van der Waals surface area contributed by atoms with Crippen molar-refractivity contribution in [1.82, 2.24) is 10.6 Å². The summed E-state index contributed by atoms with van der Waals surface area (Å²) in [6.07, 6.45) is 2.86. The van der Waals surface area contributed by atoms with Crippen molar-refractivity contribution in [3.63, 3.8) is 0 Å². The Morgan fingerprint density at radius 1 is 1.12 bits per heavy atom. The van der Waals surface area contributed by atoms with E-state index in [0.29, 0.717) is 31.8 Å². The van der Waals surface area contributed by atoms with E-state index in [9.17, 15) is 14.4 Å². The second-order valence-electron chi connectivity index (χ2n) is 6.06. The van der Waals surface area contributed by atoms with Gasteiger partial charge in [0, 0.05) is 25.2 Å². The van der Waals surface area contributed by atoms with E-state index in [1.54, 1.807) is 24.3 Å². The lowest BCUT2D eigenvalue weighted by molar-refractivity contribution is -0.121. The minimum absolute atomic E-state index is 0.0291. The number of nitrogens with one attached hydrogen (secondary N) is 3. The van der Waals surface area contributed by atoms with Crippen LogP contribution in [0.5, 0.6) is 0 Å². The third-order valence-electron chi connectivity index (χ3n) is 3.18. The zero-order chi connectivity index (χ0) is 19.8. The molecule has 4 amide bonds. The number of aliphatic hydroxyl groups is 1. The van der Waals surface area contributed by atoms with Crippen LogP contribution in [-0.4, -0.2) is 36.5 Å². The highest BCUT2D eigenvalue weighted by atomic mass is 16.3. The molecule has 0 heterocycles. The molecule has 0 radical (unpaired) electrons. The summed E-state index contributed by atoms with van der Waals surface area (Å²) in [5.74, 6) is 0.481. The summed E-state index contributed by atoms with van der Waals surface area (Å²) in [6, 6.07) is 6.48. The topological polar surface area (TPSA) is 134 Å². The molecule has 0 fully saturated rings. The summed E-state index contributed by atoms with van der Waals surface area (Å²) < 4.78 is 0. The molecule has 0 bridgehead atoms. The van der Waals surface area contributed by atoms with Crippen LogP contribution in [0, 0.1) is 5.92 Å². The smallest absolute Gasteiger partial charge is 0.312 e. The number of hydrogen-bond donors (Lipinski definition) is 5. The molecule has 1 rings (SSSR count). The molecule has 0 aliphatic rings. The number of carbonyl (C=O) groups excluding carboxylic acids is 3. The molecule has 0 spiro atoms. The zero-order valence-electron chi connectivity index (χ0n) is 15.5. The van der Waals surface area contributed by atoms with Crippen molar-refractivity contribution in [1.29, 1.82) is 0 Å². The molecule has 1 aromatic rings. The molecule has 0 aliphatic carbocycles. The van der Waals surface area contributed by atoms with Gasteiger partial charge in [-0.1, -0.05) is 26.0 Å². The van der Waals surface area contributed by atoms with E-state index in [1.807, 2.05) is 13.8 Å². The SMILES string of the molecule is CC(C)CC(=O)NCCCCNC(N)=O.O=CNc1ccc(CO)cc1. The quantitative estimate of drug-likeness (QED) is 0.315. The van der Waals surface area contributed by atoms with Gasteiger partial charge >= 0.3 is 6.03 Å². The number of benzene rings is 1. The molecule has 146 valence electrons. The standard InChI is InChI=1S/C10H21N3O2.C8H9NO2/c1-8(2)7-9(14)12-5-3-4-6-13-10(11)15;10-5-7-1-3-8(4-2-7)9-6-11/h8H,3-7H2,1-2H3,(H,12,14)(H3,11,13,15);1-4,6,10H,5H2,(H,9,11). The van der Waals surface area contributed by atoms with Crippen molar-refractivity contribution in [2.45, 2.75) is 39.7 Å². The van der Waals surface area contributed by atoms with Crippen molar-refractivity contribution < 1.29 is 19.5 Å². The van der Waals surface area contributed by atoms with E-state index in [2.05, 4.69) is 16.0 Å². The van der Waals surface area contributed by atoms with E-state index in [1.165, 1.54) is 0 Å². The van der Waals surface area contributed by atoms with Gasteiger partial charge in [-0.05, 0) is 36.5 Å². The molecule has 26 heavy (non-hydrogen) atoms. The third kappa shape index (κ3) is 13.8. The van der Waals surface area contributed by atoms with E-state index < -0.39 is 6.03 Å². The van der Waals surface area contributed by atoms with Crippen LogP contribution in [0.1, 0.15) is 38.7 Å². The Balaban J connectivity index is 0.000000502. The van der Waals surface area contributed by atoms with Crippen LogP contribution in [-0.2, 0) is 16.2 Å². The van der Waals surface area contributed by atoms with E-state index in [0.717, 1.165) is 24.1 Å². The van der Waals surface area contributed by atoms with Gasteiger partial charge in [0.15, 0.2) is 0 Å². The highest BCUT2D eigenvalue weighted by Gasteiger charge is 2.03. The maximum absolute atomic E-state index is 11.2. The number of nitrogens with two attached hydrogens (primary N) is 1. The van der Waals surface area contributed by atoms with Gasteiger partial charge in [-0.15, -0.1) is 0 Å². The number of unbranched alkanes of at least 4 members (excludes halogenated alkanes) is 1. The summed E-state index contributed by atoms with van der Waals surface area (Å²) in [4.78, 5) is 31.5. The summed E-state index contributed by atoms with van der Waals surface area (Å²) in [7, 11) is 0. The lowest BCUT2D eigenvalue weighted by atomic mass is 10.1. The van der Waals surface area contributed by atoms with E-state index in [4.69, 9.17) is 10.8 Å². The van der Waals surface area contributed by atoms with Gasteiger partial charge in [-0.3, -0.25) is 9.59 Å². The lowest BCUT2D eigenvalue weighted by Crippen LogP contribution is -2.31. The maximum Gasteiger partial charge on any atom is 0.312 e. The van der Waals surface area contributed by atoms with Crippen molar-refractivity contribution in [3.8, 4) is 0 Å². The fourth-order valence-corrected chi connectivity index (χ4v) is 1.91. The summed E-state index contributed by atoms with van der Waals surface area (Å²) in [5, 5.41) is 16.5. The fraction of sp³-hybridized carbons (Fsp3) is 0.500. The van der Waals surface area contributed by atoms with Gasteiger partial charge in [0.1, 0.15) is 0 Å². The normalized spacial score (nSPS) is 9.69. The Morgan fingerprint density at radius 3 is 2.15 bits per heavy atom. The molecule has 1 aromatic carbocycles. The molecule has 0 atom stereocenters. The molecule has 6 N–H and O–H groups in total. The number of urea groups is 1.